The summed E-state index contributed by atoms with van der Waals surface area (Å²) >= 11 is 0. The molecule has 17 rings (SSSR count). The summed E-state index contributed by atoms with van der Waals surface area (Å²) in [6, 6.07) is 32.2. The van der Waals surface area contributed by atoms with Crippen LogP contribution in [0.4, 0.5) is 0 Å². The first-order valence-corrected chi connectivity index (χ1v) is 28.5. The molecule has 0 aliphatic heterocycles. The summed E-state index contributed by atoms with van der Waals surface area (Å²) in [4.78, 5) is 0. The molecular weight excluding hydrogens is 945 g/mol. The van der Waals surface area contributed by atoms with Crippen molar-refractivity contribution in [3.63, 3.8) is 0 Å². The Hall–Kier alpha value is -6.52. The van der Waals surface area contributed by atoms with Crippen LogP contribution >= 0.6 is 0 Å². The maximum absolute atomic E-state index is 8.70. The number of aromatic nitrogens is 4. The maximum atomic E-state index is 8.70. The van der Waals surface area contributed by atoms with E-state index in [-0.39, 0.29) is 17.9 Å². The fourth-order valence-electron chi connectivity index (χ4n) is 14.1. The van der Waals surface area contributed by atoms with Gasteiger partial charge in [-0.1, -0.05) is 70.8 Å². The molecule has 78 heavy (non-hydrogen) atoms. The molecule has 0 amide bonds. The van der Waals surface area contributed by atoms with Crippen LogP contribution in [0.25, 0.3) is 45.0 Å². The first-order valence-electron chi connectivity index (χ1n) is 35.0. The van der Waals surface area contributed by atoms with Crippen molar-refractivity contribution in [2.75, 3.05) is 0 Å². The smallest absolute Gasteiger partial charge is 0.201 e. The summed E-state index contributed by atoms with van der Waals surface area (Å²) < 4.78 is 112. The molecule has 3 saturated carbocycles. The lowest BCUT2D eigenvalue weighted by Crippen LogP contribution is -2.37. The number of fused-ring (bicyclic) bond motifs is 6. The van der Waals surface area contributed by atoms with Gasteiger partial charge in [0, 0.05) is 86.6 Å². The normalized spacial score (nSPS) is 26.6. The van der Waals surface area contributed by atoms with Crippen LogP contribution in [-0.2, 0) is 53.7 Å². The molecule has 4 nitrogen and oxygen atoms in total. The maximum Gasteiger partial charge on any atom is 0.212 e. The van der Waals surface area contributed by atoms with E-state index in [9.17, 15) is 0 Å². The van der Waals surface area contributed by atoms with E-state index in [0.29, 0.717) is 35.1 Å². The van der Waals surface area contributed by atoms with Crippen LogP contribution in [0, 0.1) is 67.1 Å². The number of rotatable bonds is 4. The standard InChI is InChI=1S/3C19H22N.C17H20N/c1-12-4-7-16(13(2)8-12)19-10-17-14-5-6-15(9-14)18(17)11-20(19)3;2*1-12-4-5-17(13(2)6-12)19-10-18-15-7-14(8-15)9-16(18)11-20(19)3;1-12-7-8-16(13(2)9-12)17-10-14-5-4-6-15(14)11-18(17)3/h4,7-8,10-11,14-15H,5-6,9H2,1-3H3;2*4-6,10-11,14-15H,7-9H2,1-3H3;7-11H,4-6H2,1-3H3/q4*+1/i;1D3,9D2,15D;;1D3,5D2,6D2. The van der Waals surface area contributed by atoms with Crippen molar-refractivity contribution >= 4 is 0 Å². The highest BCUT2D eigenvalue weighted by molar-refractivity contribution is 5.66. The minimum absolute atomic E-state index is 0.0707. The third kappa shape index (κ3) is 10.0. The SMILES string of the molecule is Cc1ccc(-c2cc3c(c[n+]2C)C2CCC3C2)c(C)c1.Cc1ccc(-c2cc3c(c[n+]2C)CC2CC3C2)c(C)c1.[2H]C([2H])([2H])c1ccc(-c2cc3c(c[n+]2C)C([2H])([2H])C2CC3([2H])C2)c(C)c1.[2H]C([2H])([2H])c1ccc(-c2cc3c(c[n+]2C)C([2H])([2H])CC3([2H])[2H])c(C)c1. The number of pyridine rings is 4. The van der Waals surface area contributed by atoms with E-state index in [1.807, 2.05) is 43.8 Å². The van der Waals surface area contributed by atoms with Crippen LogP contribution in [-0.4, -0.2) is 0 Å². The van der Waals surface area contributed by atoms with Gasteiger partial charge in [-0.15, -0.1) is 0 Å². The predicted molar refractivity (Wildman–Crippen MR) is 320 cm³/mol. The molecule has 4 aromatic heterocycles. The Morgan fingerprint density at radius 2 is 0.859 bits per heavy atom. The molecule has 0 radical (unpaired) electrons. The van der Waals surface area contributed by atoms with Gasteiger partial charge in [0.15, 0.2) is 24.8 Å². The van der Waals surface area contributed by atoms with Gasteiger partial charge in [-0.25, -0.2) is 18.3 Å². The van der Waals surface area contributed by atoms with Crippen LogP contribution in [0.2, 0.25) is 0 Å². The molecule has 6 bridgehead atoms. The summed E-state index contributed by atoms with van der Waals surface area (Å²) in [7, 11) is 8.05. The highest BCUT2D eigenvalue weighted by Gasteiger charge is 2.41. The summed E-state index contributed by atoms with van der Waals surface area (Å²) in [6.45, 7) is 8.19. The van der Waals surface area contributed by atoms with Crippen LogP contribution in [0.3, 0.4) is 0 Å². The molecule has 2 unspecified atom stereocenters. The molecule has 398 valence electrons. The van der Waals surface area contributed by atoms with Gasteiger partial charge in [0.2, 0.25) is 22.8 Å². The average Bonchev–Trinajstić information content (AvgIpc) is 1.56. The summed E-state index contributed by atoms with van der Waals surface area (Å²) in [5.41, 5.74) is 25.1. The van der Waals surface area contributed by atoms with Crippen molar-refractivity contribution in [3.8, 4) is 45.0 Å². The molecule has 0 N–H and O–H groups in total. The third-order valence-corrected chi connectivity index (χ3v) is 18.4. The quantitative estimate of drug-likeness (QED) is 0.156. The van der Waals surface area contributed by atoms with Crippen molar-refractivity contribution in [1.29, 1.82) is 0 Å². The molecule has 2 atom stereocenters. The second-order valence-electron chi connectivity index (χ2n) is 24.1. The number of benzene rings is 4. The Morgan fingerprint density at radius 3 is 1.41 bits per heavy atom. The first-order chi connectivity index (χ1) is 42.5. The first kappa shape index (κ1) is 38.9. The Balaban J connectivity index is 0.000000118. The summed E-state index contributed by atoms with van der Waals surface area (Å²) in [5, 5.41) is 0. The van der Waals surface area contributed by atoms with Gasteiger partial charge in [0.05, 0.1) is 0 Å². The Labute approximate surface area is 486 Å². The highest BCUT2D eigenvalue weighted by atomic mass is 14.9. The van der Waals surface area contributed by atoms with E-state index in [2.05, 4.69) is 112 Å². The zero-order valence-electron chi connectivity index (χ0n) is 60.6. The topological polar surface area (TPSA) is 15.5 Å². The number of hydrogen-bond acceptors (Lipinski definition) is 0. The van der Waals surface area contributed by atoms with Gasteiger partial charge < -0.3 is 0 Å². The Morgan fingerprint density at radius 1 is 0.410 bits per heavy atom. The zero-order valence-corrected chi connectivity index (χ0v) is 47.6. The van der Waals surface area contributed by atoms with Gasteiger partial charge in [0.1, 0.15) is 28.2 Å². The Kier molecular flexibility index (Phi) is 10.5. The molecule has 8 aromatic rings. The monoisotopic (exact) mass is 1040 g/mol. The molecular formula is C74H86N4+4. The van der Waals surface area contributed by atoms with E-state index < -0.39 is 38.7 Å². The van der Waals surface area contributed by atoms with Crippen molar-refractivity contribution in [2.24, 2.45) is 40.0 Å². The van der Waals surface area contributed by atoms with Crippen LogP contribution in [0.15, 0.2) is 122 Å². The summed E-state index contributed by atoms with van der Waals surface area (Å²) in [6.07, 6.45) is 12.7. The molecule has 0 spiro atoms. The van der Waals surface area contributed by atoms with Crippen molar-refractivity contribution in [2.45, 2.75) is 156 Å². The van der Waals surface area contributed by atoms with Gasteiger partial charge >= 0.3 is 0 Å². The van der Waals surface area contributed by atoms with E-state index in [0.717, 1.165) is 62.9 Å². The number of nitrogens with zero attached hydrogens (tertiary/aromatic N) is 4. The fraction of sp³-hybridized carbons (Fsp3) is 0.405. The third-order valence-electron chi connectivity index (χ3n) is 18.4. The second kappa shape index (κ2) is 20.9. The lowest BCUT2D eigenvalue weighted by atomic mass is 9.63. The number of aryl methyl sites for hydroxylation is 14. The Bertz CT molecular complexity index is 4180. The lowest BCUT2D eigenvalue weighted by molar-refractivity contribution is -0.661. The van der Waals surface area contributed by atoms with E-state index >= 15 is 0 Å². The highest BCUT2D eigenvalue weighted by Crippen LogP contribution is 2.54. The molecule has 3 fully saturated rings. The average molecular weight is 1040 g/mol. The number of hydrogen-bond donors (Lipinski definition) is 0. The molecule has 4 heterocycles. The minimum Gasteiger partial charge on any atom is -0.201 e. The van der Waals surface area contributed by atoms with Crippen molar-refractivity contribution < 1.29 is 36.1 Å². The largest absolute Gasteiger partial charge is 0.212 e. The van der Waals surface area contributed by atoms with E-state index in [1.165, 1.54) is 83.3 Å². The fourth-order valence-corrected chi connectivity index (χ4v) is 14.1. The van der Waals surface area contributed by atoms with Gasteiger partial charge in [-0.3, -0.25) is 0 Å². The molecule has 4 heteroatoms. The van der Waals surface area contributed by atoms with Crippen LogP contribution < -0.4 is 18.3 Å². The van der Waals surface area contributed by atoms with Crippen molar-refractivity contribution in [1.82, 2.24) is 0 Å². The second-order valence-corrected chi connectivity index (χ2v) is 24.1. The molecule has 4 aromatic carbocycles. The van der Waals surface area contributed by atoms with E-state index in [4.69, 9.17) is 17.8 Å². The van der Waals surface area contributed by atoms with Crippen LogP contribution in [0.1, 0.15) is 182 Å². The lowest BCUT2D eigenvalue weighted by Gasteiger charge is -2.41. The molecule has 9 aliphatic rings. The van der Waals surface area contributed by atoms with Crippen LogP contribution in [0.5, 0.6) is 0 Å². The van der Waals surface area contributed by atoms with Crippen molar-refractivity contribution in [3.05, 3.63) is 211 Å². The summed E-state index contributed by atoms with van der Waals surface area (Å²) in [5.74, 6) is 2.73. The van der Waals surface area contributed by atoms with Gasteiger partial charge in [-0.2, -0.15) is 0 Å². The van der Waals surface area contributed by atoms with Gasteiger partial charge in [0.25, 0.3) is 0 Å². The molecule has 0 saturated heterocycles. The van der Waals surface area contributed by atoms with Gasteiger partial charge in [-0.05, 0) is 236 Å². The minimum atomic E-state index is -2.17. The predicted octanol–water partition coefficient (Wildman–Crippen LogP) is 15.1. The zero-order chi connectivity index (χ0) is 65.6. The van der Waals surface area contributed by atoms with E-state index in [1.54, 1.807) is 76.5 Å². The molecule has 9 aliphatic carbocycles.